The summed E-state index contributed by atoms with van der Waals surface area (Å²) in [7, 11) is -3.70. The number of unbranched alkanes of at least 4 members (excludes halogenated alkanes) is 3. The van der Waals surface area contributed by atoms with E-state index >= 15 is 0 Å². The summed E-state index contributed by atoms with van der Waals surface area (Å²) in [4.78, 5) is 11.4. The van der Waals surface area contributed by atoms with E-state index in [2.05, 4.69) is 0 Å². The van der Waals surface area contributed by atoms with E-state index in [9.17, 15) is 22.0 Å². The Bertz CT molecular complexity index is 351. The van der Waals surface area contributed by atoms with E-state index in [1.807, 2.05) is 0 Å². The third kappa shape index (κ3) is 8.13. The fourth-order valence-electron chi connectivity index (χ4n) is 1.27. The lowest BCUT2D eigenvalue weighted by molar-refractivity contribution is -0.153. The average molecular weight is 300 g/mol. The first kappa shape index (κ1) is 18.3. The molecule has 7 heteroatoms. The van der Waals surface area contributed by atoms with Gasteiger partial charge in [0.15, 0.2) is 0 Å². The van der Waals surface area contributed by atoms with Crippen LogP contribution < -0.4 is 0 Å². The lowest BCUT2D eigenvalue weighted by atomic mass is 9.97. The molecule has 0 saturated heterocycles. The van der Waals surface area contributed by atoms with Crippen molar-refractivity contribution >= 4 is 16.7 Å². The van der Waals surface area contributed by atoms with Gasteiger partial charge in [-0.15, -0.1) is 0 Å². The number of hydrogen-bond acceptors (Lipinski definition) is 4. The van der Waals surface area contributed by atoms with E-state index in [1.165, 1.54) is 0 Å². The van der Waals surface area contributed by atoms with E-state index in [-0.39, 0.29) is 19.0 Å². The van der Waals surface area contributed by atoms with E-state index < -0.39 is 27.8 Å². The monoisotopic (exact) mass is 300 g/mol. The van der Waals surface area contributed by atoms with Gasteiger partial charge in [0, 0.05) is 6.42 Å². The van der Waals surface area contributed by atoms with Gasteiger partial charge >= 0.3 is 11.2 Å². The molecule has 0 heterocycles. The highest BCUT2D eigenvalue weighted by molar-refractivity contribution is 7.73. The largest absolute Gasteiger partial charge is 0.465 e. The summed E-state index contributed by atoms with van der Waals surface area (Å²) in [6.45, 7) is 5.52. The predicted molar refractivity (Wildman–Crippen MR) is 68.8 cm³/mol. The predicted octanol–water partition coefficient (Wildman–Crippen LogP) is 2.73. The summed E-state index contributed by atoms with van der Waals surface area (Å²) in [6, 6.07) is 0. The summed E-state index contributed by atoms with van der Waals surface area (Å²) in [5.74, 6) is -0.289. The molecule has 0 bridgehead atoms. The first-order valence-corrected chi connectivity index (χ1v) is 7.44. The SMILES string of the molecule is CC(C)(C)C(=O)OCCCCCCC(F)(F)[SH](=O)=O. The van der Waals surface area contributed by atoms with Gasteiger partial charge in [0.2, 0.25) is 10.7 Å². The third-order valence-corrected chi connectivity index (χ3v) is 3.24. The summed E-state index contributed by atoms with van der Waals surface area (Å²) in [5, 5.41) is -3.60. The highest BCUT2D eigenvalue weighted by atomic mass is 32.2. The molecule has 0 fully saturated rings. The van der Waals surface area contributed by atoms with Crippen molar-refractivity contribution in [1.82, 2.24) is 0 Å². The molecular formula is C12H22F2O4S. The summed E-state index contributed by atoms with van der Waals surface area (Å²) < 4.78 is 50.8. The molecule has 0 spiro atoms. The molecule has 0 amide bonds. The molecule has 0 unspecified atom stereocenters. The van der Waals surface area contributed by atoms with E-state index in [0.29, 0.717) is 19.3 Å². The topological polar surface area (TPSA) is 60.4 Å². The molecule has 19 heavy (non-hydrogen) atoms. The lowest BCUT2D eigenvalue weighted by Crippen LogP contribution is -2.23. The van der Waals surface area contributed by atoms with E-state index in [1.54, 1.807) is 20.8 Å². The number of ether oxygens (including phenoxy) is 1. The maximum absolute atomic E-state index is 12.7. The number of rotatable bonds is 8. The third-order valence-electron chi connectivity index (χ3n) is 2.48. The van der Waals surface area contributed by atoms with Gasteiger partial charge in [-0.25, -0.2) is 8.42 Å². The van der Waals surface area contributed by atoms with Gasteiger partial charge in [0.05, 0.1) is 12.0 Å². The van der Waals surface area contributed by atoms with Crippen molar-refractivity contribution in [1.29, 1.82) is 0 Å². The van der Waals surface area contributed by atoms with Crippen LogP contribution in [0.4, 0.5) is 8.78 Å². The van der Waals surface area contributed by atoms with E-state index in [0.717, 1.165) is 0 Å². The van der Waals surface area contributed by atoms with Crippen molar-refractivity contribution in [3.8, 4) is 0 Å². The smallest absolute Gasteiger partial charge is 0.343 e. The number of halogens is 2. The Morgan fingerprint density at radius 2 is 1.58 bits per heavy atom. The second-order valence-corrected chi connectivity index (χ2v) is 6.64. The Balaban J connectivity index is 3.60. The molecule has 0 aliphatic heterocycles. The zero-order chi connectivity index (χ0) is 15.1. The molecule has 0 aliphatic rings. The number of thiol groups is 1. The first-order valence-electron chi connectivity index (χ1n) is 6.27. The second kappa shape index (κ2) is 7.77. The molecule has 4 nitrogen and oxygen atoms in total. The van der Waals surface area contributed by atoms with Crippen LogP contribution in [-0.4, -0.2) is 26.2 Å². The normalized spacial score (nSPS) is 12.7. The average Bonchev–Trinajstić information content (AvgIpc) is 2.25. The number of carbonyl (C=O) groups excluding carboxylic acids is 1. The zero-order valence-electron chi connectivity index (χ0n) is 11.6. The molecule has 0 aromatic rings. The van der Waals surface area contributed by atoms with Crippen molar-refractivity contribution in [3.63, 3.8) is 0 Å². The number of alkyl halides is 2. The Morgan fingerprint density at radius 3 is 2.05 bits per heavy atom. The second-order valence-electron chi connectivity index (χ2n) is 5.47. The molecule has 0 N–H and O–H groups in total. The molecule has 0 rings (SSSR count). The van der Waals surface area contributed by atoms with Crippen LogP contribution in [0.5, 0.6) is 0 Å². The van der Waals surface area contributed by atoms with Crippen LogP contribution in [-0.2, 0) is 20.2 Å². The molecule has 0 aliphatic carbocycles. The molecule has 0 aromatic carbocycles. The highest BCUT2D eigenvalue weighted by Gasteiger charge is 2.31. The zero-order valence-corrected chi connectivity index (χ0v) is 12.5. The van der Waals surface area contributed by atoms with Crippen LogP contribution in [0.2, 0.25) is 0 Å². The van der Waals surface area contributed by atoms with Crippen LogP contribution in [0.3, 0.4) is 0 Å². The number of esters is 1. The fourth-order valence-corrected chi connectivity index (χ4v) is 1.61. The quantitative estimate of drug-likeness (QED) is 0.425. The van der Waals surface area contributed by atoms with Crippen molar-refractivity contribution < 1.29 is 26.7 Å². The summed E-state index contributed by atoms with van der Waals surface area (Å²) in [6.07, 6.45) is 1.21. The standard InChI is InChI=1S/C12H22F2O4S/c1-11(2,3)10(15)18-9-7-5-4-6-8-12(13,14)19(16)17/h19H,4-9H2,1-3H3. The van der Waals surface area contributed by atoms with Gasteiger partial charge in [-0.3, -0.25) is 4.79 Å². The summed E-state index contributed by atoms with van der Waals surface area (Å²) in [5.41, 5.74) is -0.540. The minimum Gasteiger partial charge on any atom is -0.465 e. The molecule has 0 saturated carbocycles. The van der Waals surface area contributed by atoms with Gasteiger partial charge in [0.1, 0.15) is 0 Å². The fraction of sp³-hybridized carbons (Fsp3) is 0.917. The van der Waals surface area contributed by atoms with Gasteiger partial charge in [-0.05, 0) is 33.6 Å². The van der Waals surface area contributed by atoms with Gasteiger partial charge in [0.25, 0.3) is 0 Å². The van der Waals surface area contributed by atoms with Crippen molar-refractivity contribution in [3.05, 3.63) is 0 Å². The van der Waals surface area contributed by atoms with Gasteiger partial charge < -0.3 is 4.74 Å². The van der Waals surface area contributed by atoms with Crippen LogP contribution in [0.1, 0.15) is 52.9 Å². The maximum atomic E-state index is 12.7. The maximum Gasteiger partial charge on any atom is 0.343 e. The van der Waals surface area contributed by atoms with Crippen LogP contribution in [0.25, 0.3) is 0 Å². The number of hydrogen-bond donors (Lipinski definition) is 1. The highest BCUT2D eigenvalue weighted by Crippen LogP contribution is 2.22. The van der Waals surface area contributed by atoms with Crippen molar-refractivity contribution in [2.45, 2.75) is 58.1 Å². The van der Waals surface area contributed by atoms with Crippen LogP contribution >= 0.6 is 0 Å². The lowest BCUT2D eigenvalue weighted by Gasteiger charge is -2.16. The van der Waals surface area contributed by atoms with Crippen LogP contribution in [0.15, 0.2) is 0 Å². The molecule has 0 radical (unpaired) electrons. The van der Waals surface area contributed by atoms with Crippen LogP contribution in [0, 0.1) is 5.41 Å². The molecule has 0 aromatic heterocycles. The Labute approximate surface area is 114 Å². The Hall–Kier alpha value is -0.720. The molecule has 0 atom stereocenters. The van der Waals surface area contributed by atoms with Gasteiger partial charge in [-0.2, -0.15) is 8.78 Å². The molecular weight excluding hydrogens is 278 g/mol. The Kier molecular flexibility index (Phi) is 7.47. The van der Waals surface area contributed by atoms with Crippen molar-refractivity contribution in [2.75, 3.05) is 6.61 Å². The first-order chi connectivity index (χ1) is 8.57. The van der Waals surface area contributed by atoms with Gasteiger partial charge in [-0.1, -0.05) is 12.8 Å². The summed E-state index contributed by atoms with van der Waals surface area (Å²) >= 11 is 0. The van der Waals surface area contributed by atoms with Crippen molar-refractivity contribution in [2.24, 2.45) is 5.41 Å². The number of carbonyl (C=O) groups is 1. The minimum absolute atomic E-state index is 0.142. The Morgan fingerprint density at radius 1 is 1.05 bits per heavy atom. The minimum atomic E-state index is -3.70. The van der Waals surface area contributed by atoms with E-state index in [4.69, 9.17) is 4.74 Å². The molecule has 114 valence electrons.